The zero-order valence-electron chi connectivity index (χ0n) is 11.3. The molecule has 2 aromatic rings. The maximum Gasteiger partial charge on any atom is 0.388 e. The van der Waals surface area contributed by atoms with E-state index in [-0.39, 0.29) is 11.9 Å². The van der Waals surface area contributed by atoms with Gasteiger partial charge in [0.05, 0.1) is 18.1 Å². The third-order valence-electron chi connectivity index (χ3n) is 2.43. The number of nitrogens with zero attached hydrogens (tertiary/aromatic N) is 3. The Bertz CT molecular complexity index is 608. The first kappa shape index (κ1) is 15.4. The maximum absolute atomic E-state index is 12.1. The minimum absolute atomic E-state index is 0.177. The Labute approximate surface area is 125 Å². The van der Waals surface area contributed by atoms with Crippen molar-refractivity contribution in [3.63, 3.8) is 0 Å². The maximum atomic E-state index is 12.1. The number of hydrogen-bond donors (Lipinski definition) is 1. The van der Waals surface area contributed by atoms with Gasteiger partial charge in [-0.05, 0) is 19.9 Å². The van der Waals surface area contributed by atoms with Gasteiger partial charge in [-0.2, -0.15) is 8.78 Å². The second kappa shape index (κ2) is 6.62. The molecule has 0 radical (unpaired) electrons. The summed E-state index contributed by atoms with van der Waals surface area (Å²) in [5.41, 5.74) is 1.88. The molecule has 0 bridgehead atoms. The summed E-state index contributed by atoms with van der Waals surface area (Å²) < 4.78 is 28.3. The van der Waals surface area contributed by atoms with Crippen molar-refractivity contribution in [2.45, 2.75) is 26.5 Å². The first-order valence-electron chi connectivity index (χ1n) is 6.15. The molecule has 0 saturated heterocycles. The second-order valence-corrected chi connectivity index (χ2v) is 4.86. The fraction of sp³-hybridized carbons (Fsp3) is 0.308. The van der Waals surface area contributed by atoms with Gasteiger partial charge < -0.3 is 10.1 Å². The predicted octanol–water partition coefficient (Wildman–Crippen LogP) is 3.61. The van der Waals surface area contributed by atoms with Gasteiger partial charge in [-0.15, -0.1) is 0 Å². The Morgan fingerprint density at radius 3 is 2.48 bits per heavy atom. The molecule has 21 heavy (non-hydrogen) atoms. The highest BCUT2D eigenvalue weighted by molar-refractivity contribution is 6.29. The average Bonchev–Trinajstić information content (AvgIpc) is 2.39. The van der Waals surface area contributed by atoms with Gasteiger partial charge in [0.25, 0.3) is 0 Å². The van der Waals surface area contributed by atoms with Crippen molar-refractivity contribution in [1.82, 2.24) is 15.0 Å². The van der Waals surface area contributed by atoms with E-state index in [1.165, 1.54) is 6.20 Å². The summed E-state index contributed by atoms with van der Waals surface area (Å²) in [6.45, 7) is 1.02. The predicted molar refractivity (Wildman–Crippen MR) is 75.7 cm³/mol. The number of nitrogens with one attached hydrogen (secondary N) is 1. The third kappa shape index (κ3) is 4.22. The van der Waals surface area contributed by atoms with Crippen molar-refractivity contribution in [1.29, 1.82) is 0 Å². The number of alkyl halides is 2. The topological polar surface area (TPSA) is 59.9 Å². The zero-order valence-corrected chi connectivity index (χ0v) is 12.1. The summed E-state index contributed by atoms with van der Waals surface area (Å²) in [6.07, 6.45) is 4.02. The fourth-order valence-electron chi connectivity index (χ4n) is 1.67. The van der Waals surface area contributed by atoms with E-state index in [9.17, 15) is 8.78 Å². The Kier molecular flexibility index (Phi) is 4.85. The molecule has 2 heterocycles. The number of pyridine rings is 1. The third-order valence-corrected chi connectivity index (χ3v) is 2.64. The standard InChI is InChI=1S/C13H13ClF2N4O/c1-7(2)20-9-3-11(14)18-4-8(9)10-5-19-12(6-17-10)21-13(15)16/h3-7,13H,1-2H3,(H,18,20). The smallest absolute Gasteiger partial charge is 0.388 e. The van der Waals surface area contributed by atoms with Crippen LogP contribution in [0.25, 0.3) is 11.3 Å². The number of ether oxygens (including phenoxy) is 1. The number of hydrogen-bond acceptors (Lipinski definition) is 5. The summed E-state index contributed by atoms with van der Waals surface area (Å²) in [6, 6.07) is 1.85. The van der Waals surface area contributed by atoms with Crippen LogP contribution in [0.2, 0.25) is 5.15 Å². The van der Waals surface area contributed by atoms with E-state index in [1.807, 2.05) is 13.8 Å². The number of anilines is 1. The molecule has 0 aliphatic rings. The van der Waals surface area contributed by atoms with Crippen LogP contribution < -0.4 is 10.1 Å². The molecule has 1 N–H and O–H groups in total. The van der Waals surface area contributed by atoms with Crippen molar-refractivity contribution in [3.8, 4) is 17.1 Å². The van der Waals surface area contributed by atoms with Crippen molar-refractivity contribution >= 4 is 17.3 Å². The molecular weight excluding hydrogens is 302 g/mol. The molecule has 0 aromatic carbocycles. The monoisotopic (exact) mass is 314 g/mol. The highest BCUT2D eigenvalue weighted by Crippen LogP contribution is 2.28. The van der Waals surface area contributed by atoms with Gasteiger partial charge in [-0.3, -0.25) is 0 Å². The Morgan fingerprint density at radius 2 is 1.90 bits per heavy atom. The SMILES string of the molecule is CC(C)Nc1cc(Cl)ncc1-c1cnc(OC(F)F)cn1. The van der Waals surface area contributed by atoms with Crippen LogP contribution in [0.4, 0.5) is 14.5 Å². The van der Waals surface area contributed by atoms with E-state index in [2.05, 4.69) is 25.0 Å². The molecule has 0 saturated carbocycles. The van der Waals surface area contributed by atoms with Crippen molar-refractivity contribution in [3.05, 3.63) is 29.8 Å². The lowest BCUT2D eigenvalue weighted by molar-refractivity contribution is -0.0530. The van der Waals surface area contributed by atoms with Gasteiger partial charge in [0, 0.05) is 23.5 Å². The lowest BCUT2D eigenvalue weighted by Crippen LogP contribution is -2.11. The first-order chi connectivity index (χ1) is 9.95. The van der Waals surface area contributed by atoms with Crippen molar-refractivity contribution in [2.75, 3.05) is 5.32 Å². The minimum Gasteiger partial charge on any atom is -0.415 e. The number of aromatic nitrogens is 3. The van der Waals surface area contributed by atoms with Crippen LogP contribution in [0.3, 0.4) is 0 Å². The van der Waals surface area contributed by atoms with Crippen LogP contribution in [-0.4, -0.2) is 27.6 Å². The molecule has 0 atom stereocenters. The van der Waals surface area contributed by atoms with Crippen molar-refractivity contribution < 1.29 is 13.5 Å². The van der Waals surface area contributed by atoms with Gasteiger partial charge in [0.1, 0.15) is 5.15 Å². The van der Waals surface area contributed by atoms with Crippen LogP contribution in [-0.2, 0) is 0 Å². The summed E-state index contributed by atoms with van der Waals surface area (Å²) in [7, 11) is 0. The summed E-state index contributed by atoms with van der Waals surface area (Å²) >= 11 is 5.88. The molecular formula is C13H13ClF2N4O. The molecule has 0 fully saturated rings. The molecule has 0 amide bonds. The number of rotatable bonds is 5. The lowest BCUT2D eigenvalue weighted by atomic mass is 10.1. The van der Waals surface area contributed by atoms with Gasteiger partial charge in [-0.1, -0.05) is 11.6 Å². The van der Waals surface area contributed by atoms with E-state index in [4.69, 9.17) is 11.6 Å². The lowest BCUT2D eigenvalue weighted by Gasteiger charge is -2.14. The number of halogens is 3. The molecule has 0 spiro atoms. The molecule has 0 aliphatic carbocycles. The second-order valence-electron chi connectivity index (χ2n) is 4.47. The summed E-state index contributed by atoms with van der Waals surface area (Å²) in [5, 5.41) is 3.56. The van der Waals surface area contributed by atoms with Gasteiger partial charge in [-0.25, -0.2) is 15.0 Å². The van der Waals surface area contributed by atoms with E-state index in [1.54, 1.807) is 12.3 Å². The summed E-state index contributed by atoms with van der Waals surface area (Å²) in [4.78, 5) is 11.8. The largest absolute Gasteiger partial charge is 0.415 e. The molecule has 2 aromatic heterocycles. The first-order valence-corrected chi connectivity index (χ1v) is 6.53. The van der Waals surface area contributed by atoms with Gasteiger partial charge in [0.2, 0.25) is 5.88 Å². The van der Waals surface area contributed by atoms with Crippen LogP contribution >= 0.6 is 11.6 Å². The Balaban J connectivity index is 2.32. The Morgan fingerprint density at radius 1 is 1.14 bits per heavy atom. The quantitative estimate of drug-likeness (QED) is 0.854. The zero-order chi connectivity index (χ0) is 15.4. The van der Waals surface area contributed by atoms with E-state index < -0.39 is 6.61 Å². The molecule has 112 valence electrons. The van der Waals surface area contributed by atoms with E-state index in [0.29, 0.717) is 16.4 Å². The molecule has 8 heteroatoms. The van der Waals surface area contributed by atoms with Crippen molar-refractivity contribution in [2.24, 2.45) is 0 Å². The summed E-state index contributed by atoms with van der Waals surface area (Å²) in [5.74, 6) is -0.242. The van der Waals surface area contributed by atoms with E-state index in [0.717, 1.165) is 11.9 Å². The molecule has 0 unspecified atom stereocenters. The average molecular weight is 315 g/mol. The highest BCUT2D eigenvalue weighted by Gasteiger charge is 2.11. The van der Waals surface area contributed by atoms with Crippen LogP contribution in [0, 0.1) is 0 Å². The van der Waals surface area contributed by atoms with Crippen LogP contribution in [0.5, 0.6) is 5.88 Å². The molecule has 5 nitrogen and oxygen atoms in total. The van der Waals surface area contributed by atoms with Crippen LogP contribution in [0.15, 0.2) is 24.7 Å². The van der Waals surface area contributed by atoms with Gasteiger partial charge in [0.15, 0.2) is 0 Å². The van der Waals surface area contributed by atoms with Gasteiger partial charge >= 0.3 is 6.61 Å². The molecule has 2 rings (SSSR count). The highest BCUT2D eigenvalue weighted by atomic mass is 35.5. The normalized spacial score (nSPS) is 11.0. The minimum atomic E-state index is -2.93. The Hall–Kier alpha value is -2.02. The van der Waals surface area contributed by atoms with E-state index >= 15 is 0 Å². The molecule has 0 aliphatic heterocycles. The van der Waals surface area contributed by atoms with Crippen LogP contribution in [0.1, 0.15) is 13.8 Å². The fourth-order valence-corrected chi connectivity index (χ4v) is 1.83.